The van der Waals surface area contributed by atoms with Crippen LogP contribution in [0.2, 0.25) is 0 Å². The van der Waals surface area contributed by atoms with Crippen molar-refractivity contribution >= 4 is 5.91 Å². The molecular weight excluding hydrogens is 264 g/mol. The first-order chi connectivity index (χ1) is 10.2. The zero-order valence-corrected chi connectivity index (χ0v) is 13.5. The van der Waals surface area contributed by atoms with Gasteiger partial charge in [0.1, 0.15) is 0 Å². The molecule has 2 fully saturated rings. The first-order valence-corrected chi connectivity index (χ1v) is 8.79. The smallest absolute Gasteiger partial charge is 0.223 e. The first kappa shape index (κ1) is 16.8. The summed E-state index contributed by atoms with van der Waals surface area (Å²) in [5, 5.41) is 3.27. The van der Waals surface area contributed by atoms with E-state index in [1.165, 1.54) is 32.1 Å². The zero-order valence-electron chi connectivity index (χ0n) is 13.5. The standard InChI is InChI=1S/C17H32N2O2/c1-2-3-4-14-5-7-15(8-6-14)16(20)19-17(13-18)9-11-21-12-10-17/h14-15H,2-13,18H2,1H3,(H,19,20). The molecule has 0 spiro atoms. The van der Waals surface area contributed by atoms with Crippen molar-refractivity contribution < 1.29 is 9.53 Å². The van der Waals surface area contributed by atoms with E-state index in [1.54, 1.807) is 0 Å². The number of rotatable bonds is 6. The highest BCUT2D eigenvalue weighted by molar-refractivity contribution is 5.79. The molecule has 0 unspecified atom stereocenters. The Morgan fingerprint density at radius 2 is 1.90 bits per heavy atom. The lowest BCUT2D eigenvalue weighted by Gasteiger charge is -2.39. The number of carbonyl (C=O) groups is 1. The van der Waals surface area contributed by atoms with Crippen LogP contribution in [-0.4, -0.2) is 31.2 Å². The maximum absolute atomic E-state index is 12.5. The van der Waals surface area contributed by atoms with Crippen LogP contribution in [0.15, 0.2) is 0 Å². The zero-order chi connectivity index (χ0) is 15.1. The number of nitrogens with one attached hydrogen (secondary N) is 1. The number of hydrogen-bond donors (Lipinski definition) is 2. The number of hydrogen-bond acceptors (Lipinski definition) is 3. The Balaban J connectivity index is 1.78. The van der Waals surface area contributed by atoms with Gasteiger partial charge in [-0.15, -0.1) is 0 Å². The van der Waals surface area contributed by atoms with Crippen molar-refractivity contribution in [2.75, 3.05) is 19.8 Å². The number of nitrogens with two attached hydrogens (primary N) is 1. The van der Waals surface area contributed by atoms with Crippen LogP contribution in [-0.2, 0) is 9.53 Å². The molecule has 0 bridgehead atoms. The van der Waals surface area contributed by atoms with E-state index in [0.29, 0.717) is 19.8 Å². The minimum Gasteiger partial charge on any atom is -0.381 e. The topological polar surface area (TPSA) is 64.4 Å². The van der Waals surface area contributed by atoms with Gasteiger partial charge in [-0.2, -0.15) is 0 Å². The van der Waals surface area contributed by atoms with Gasteiger partial charge in [-0.05, 0) is 44.4 Å². The van der Waals surface area contributed by atoms with E-state index in [1.807, 2.05) is 0 Å². The van der Waals surface area contributed by atoms with Crippen LogP contribution < -0.4 is 11.1 Å². The molecule has 2 aliphatic rings. The number of ether oxygens (including phenoxy) is 1. The monoisotopic (exact) mass is 296 g/mol. The quantitative estimate of drug-likeness (QED) is 0.792. The SMILES string of the molecule is CCCCC1CCC(C(=O)NC2(CN)CCOCC2)CC1. The molecule has 1 saturated carbocycles. The van der Waals surface area contributed by atoms with Gasteiger partial charge in [0.15, 0.2) is 0 Å². The van der Waals surface area contributed by atoms with Gasteiger partial charge in [0.05, 0.1) is 5.54 Å². The summed E-state index contributed by atoms with van der Waals surface area (Å²) in [6.07, 6.45) is 10.2. The van der Waals surface area contributed by atoms with Crippen LogP contribution in [0.25, 0.3) is 0 Å². The van der Waals surface area contributed by atoms with Crippen molar-refractivity contribution in [1.29, 1.82) is 0 Å². The molecule has 2 rings (SSSR count). The fourth-order valence-electron chi connectivity index (χ4n) is 3.71. The van der Waals surface area contributed by atoms with Gasteiger partial charge < -0.3 is 15.8 Å². The van der Waals surface area contributed by atoms with E-state index in [4.69, 9.17) is 10.5 Å². The Labute approximate surface area is 129 Å². The van der Waals surface area contributed by atoms with Crippen LogP contribution >= 0.6 is 0 Å². The Bertz CT molecular complexity index is 319. The van der Waals surface area contributed by atoms with Crippen molar-refractivity contribution in [3.05, 3.63) is 0 Å². The predicted octanol–water partition coefficient (Wildman–Crippen LogP) is 2.61. The summed E-state index contributed by atoms with van der Waals surface area (Å²) >= 11 is 0. The second-order valence-electron chi connectivity index (χ2n) is 6.95. The molecule has 1 saturated heterocycles. The highest BCUT2D eigenvalue weighted by Gasteiger charge is 2.35. The molecule has 4 nitrogen and oxygen atoms in total. The van der Waals surface area contributed by atoms with Crippen molar-refractivity contribution in [3.8, 4) is 0 Å². The second-order valence-corrected chi connectivity index (χ2v) is 6.95. The molecule has 0 aromatic carbocycles. The lowest BCUT2D eigenvalue weighted by molar-refractivity contribution is -0.129. The normalized spacial score (nSPS) is 29.0. The minimum atomic E-state index is -0.214. The van der Waals surface area contributed by atoms with Crippen molar-refractivity contribution in [3.63, 3.8) is 0 Å². The van der Waals surface area contributed by atoms with Gasteiger partial charge in [-0.25, -0.2) is 0 Å². The summed E-state index contributed by atoms with van der Waals surface area (Å²) in [7, 11) is 0. The van der Waals surface area contributed by atoms with Crippen molar-refractivity contribution in [2.24, 2.45) is 17.6 Å². The molecule has 1 amide bonds. The van der Waals surface area contributed by atoms with E-state index in [0.717, 1.165) is 31.6 Å². The van der Waals surface area contributed by atoms with Gasteiger partial charge in [-0.3, -0.25) is 4.79 Å². The molecule has 21 heavy (non-hydrogen) atoms. The third-order valence-corrected chi connectivity index (χ3v) is 5.41. The number of unbranched alkanes of at least 4 members (excludes halogenated alkanes) is 1. The Hall–Kier alpha value is -0.610. The predicted molar refractivity (Wildman–Crippen MR) is 85.0 cm³/mol. The third-order valence-electron chi connectivity index (χ3n) is 5.41. The number of amides is 1. The second kappa shape index (κ2) is 8.14. The molecule has 0 radical (unpaired) electrons. The summed E-state index contributed by atoms with van der Waals surface area (Å²) in [6, 6.07) is 0. The molecule has 0 aromatic heterocycles. The Morgan fingerprint density at radius 1 is 1.24 bits per heavy atom. The van der Waals surface area contributed by atoms with E-state index >= 15 is 0 Å². The largest absolute Gasteiger partial charge is 0.381 e. The van der Waals surface area contributed by atoms with Gasteiger partial charge in [0, 0.05) is 25.7 Å². The van der Waals surface area contributed by atoms with Crippen LogP contribution in [0.3, 0.4) is 0 Å². The van der Waals surface area contributed by atoms with Gasteiger partial charge in [-0.1, -0.05) is 26.2 Å². The van der Waals surface area contributed by atoms with Gasteiger partial charge in [0.2, 0.25) is 5.91 Å². The Kier molecular flexibility index (Phi) is 6.49. The van der Waals surface area contributed by atoms with Crippen LogP contribution in [0, 0.1) is 11.8 Å². The summed E-state index contributed by atoms with van der Waals surface area (Å²) < 4.78 is 5.40. The third kappa shape index (κ3) is 4.68. The fraction of sp³-hybridized carbons (Fsp3) is 0.941. The summed E-state index contributed by atoms with van der Waals surface area (Å²) in [5.74, 6) is 1.28. The maximum atomic E-state index is 12.5. The van der Waals surface area contributed by atoms with Crippen molar-refractivity contribution in [2.45, 2.75) is 70.3 Å². The highest BCUT2D eigenvalue weighted by atomic mass is 16.5. The summed E-state index contributed by atoms with van der Waals surface area (Å²) in [5.41, 5.74) is 5.71. The maximum Gasteiger partial charge on any atom is 0.223 e. The fourth-order valence-corrected chi connectivity index (χ4v) is 3.71. The average Bonchev–Trinajstić information content (AvgIpc) is 2.54. The van der Waals surface area contributed by atoms with Crippen LogP contribution in [0.1, 0.15) is 64.7 Å². The molecule has 0 atom stereocenters. The first-order valence-electron chi connectivity index (χ1n) is 8.79. The van der Waals surface area contributed by atoms with Gasteiger partial charge >= 0.3 is 0 Å². The average molecular weight is 296 g/mol. The molecule has 122 valence electrons. The van der Waals surface area contributed by atoms with E-state index in [2.05, 4.69) is 12.2 Å². The van der Waals surface area contributed by atoms with Crippen molar-refractivity contribution in [1.82, 2.24) is 5.32 Å². The van der Waals surface area contributed by atoms with Crippen LogP contribution in [0.4, 0.5) is 0 Å². The highest BCUT2D eigenvalue weighted by Crippen LogP contribution is 2.32. The molecule has 1 aliphatic heterocycles. The Morgan fingerprint density at radius 3 is 2.48 bits per heavy atom. The summed E-state index contributed by atoms with van der Waals surface area (Å²) in [6.45, 7) is 4.19. The molecule has 4 heteroatoms. The lowest BCUT2D eigenvalue weighted by atomic mass is 9.79. The summed E-state index contributed by atoms with van der Waals surface area (Å²) in [4.78, 5) is 12.5. The minimum absolute atomic E-state index is 0.203. The molecule has 1 aliphatic carbocycles. The van der Waals surface area contributed by atoms with E-state index < -0.39 is 0 Å². The molecule has 0 aromatic rings. The molecule has 1 heterocycles. The lowest BCUT2D eigenvalue weighted by Crippen LogP contribution is -2.58. The van der Waals surface area contributed by atoms with Gasteiger partial charge in [0.25, 0.3) is 0 Å². The van der Waals surface area contributed by atoms with E-state index in [-0.39, 0.29) is 17.4 Å². The molecular formula is C17H32N2O2. The number of carbonyl (C=O) groups excluding carboxylic acids is 1. The molecule has 3 N–H and O–H groups in total. The van der Waals surface area contributed by atoms with Crippen LogP contribution in [0.5, 0.6) is 0 Å². The van der Waals surface area contributed by atoms with E-state index in [9.17, 15) is 4.79 Å².